The molecule has 7 heteroatoms. The van der Waals surface area contributed by atoms with Crippen LogP contribution in [-0.4, -0.2) is 30.9 Å². The Balaban J connectivity index is 2.22. The van der Waals surface area contributed by atoms with Crippen LogP contribution < -0.4 is 4.90 Å². The lowest BCUT2D eigenvalue weighted by molar-refractivity contribution is -0.165. The summed E-state index contributed by atoms with van der Waals surface area (Å²) in [5.74, 6) is -0.609. The molecular formula is C15H18F3NO3. The number of benzene rings is 1. The standard InChI is InChI=1S/C15H18F3NO3/c1-14(2,3)22-13(20)12-19(7-8-21-12)11-6-4-5-10(9-11)15(16,17)18/h4-6,9,12H,7-8H2,1-3H3/t12-/m1/s1. The molecule has 0 N–H and O–H groups in total. The zero-order valence-corrected chi connectivity index (χ0v) is 12.6. The molecule has 1 heterocycles. The minimum atomic E-state index is -4.43. The van der Waals surface area contributed by atoms with Gasteiger partial charge in [-0.05, 0) is 39.0 Å². The van der Waals surface area contributed by atoms with E-state index in [0.29, 0.717) is 6.54 Å². The van der Waals surface area contributed by atoms with Crippen LogP contribution in [0.4, 0.5) is 18.9 Å². The smallest absolute Gasteiger partial charge is 0.416 e. The van der Waals surface area contributed by atoms with Crippen LogP contribution in [0, 0.1) is 0 Å². The molecule has 122 valence electrons. The van der Waals surface area contributed by atoms with Crippen LogP contribution in [0.2, 0.25) is 0 Å². The maximum Gasteiger partial charge on any atom is 0.416 e. The second-order valence-electron chi connectivity index (χ2n) is 6.00. The molecular weight excluding hydrogens is 299 g/mol. The van der Waals surface area contributed by atoms with E-state index in [0.717, 1.165) is 12.1 Å². The van der Waals surface area contributed by atoms with Gasteiger partial charge in [0.15, 0.2) is 0 Å². The van der Waals surface area contributed by atoms with Gasteiger partial charge >= 0.3 is 12.1 Å². The fraction of sp³-hybridized carbons (Fsp3) is 0.533. The number of alkyl halides is 3. The second kappa shape index (κ2) is 5.79. The maximum atomic E-state index is 12.8. The van der Waals surface area contributed by atoms with E-state index in [9.17, 15) is 18.0 Å². The number of halogens is 3. The topological polar surface area (TPSA) is 38.8 Å². The van der Waals surface area contributed by atoms with Crippen molar-refractivity contribution in [2.75, 3.05) is 18.1 Å². The van der Waals surface area contributed by atoms with E-state index < -0.39 is 29.5 Å². The molecule has 4 nitrogen and oxygen atoms in total. The molecule has 1 atom stereocenters. The first-order valence-corrected chi connectivity index (χ1v) is 6.86. The molecule has 1 saturated heterocycles. The minimum absolute atomic E-state index is 0.250. The van der Waals surface area contributed by atoms with Crippen molar-refractivity contribution < 1.29 is 27.4 Å². The van der Waals surface area contributed by atoms with Crippen LogP contribution in [0.15, 0.2) is 24.3 Å². The van der Waals surface area contributed by atoms with Gasteiger partial charge in [-0.2, -0.15) is 13.2 Å². The van der Waals surface area contributed by atoms with Crippen molar-refractivity contribution in [2.45, 2.75) is 38.8 Å². The lowest BCUT2D eigenvalue weighted by Crippen LogP contribution is -2.41. The lowest BCUT2D eigenvalue weighted by Gasteiger charge is -2.27. The number of nitrogens with zero attached hydrogens (tertiary/aromatic N) is 1. The molecule has 1 aliphatic heterocycles. The summed E-state index contributed by atoms with van der Waals surface area (Å²) in [6.45, 7) is 5.72. The van der Waals surface area contributed by atoms with Gasteiger partial charge in [-0.15, -0.1) is 0 Å². The molecule has 0 aromatic heterocycles. The van der Waals surface area contributed by atoms with E-state index in [1.807, 2.05) is 0 Å². The van der Waals surface area contributed by atoms with Gasteiger partial charge in [0.25, 0.3) is 0 Å². The largest absolute Gasteiger partial charge is 0.457 e. The van der Waals surface area contributed by atoms with Crippen LogP contribution in [0.1, 0.15) is 26.3 Å². The lowest BCUT2D eigenvalue weighted by atomic mass is 10.1. The Morgan fingerprint density at radius 1 is 1.32 bits per heavy atom. The number of carbonyl (C=O) groups excluding carboxylic acids is 1. The van der Waals surface area contributed by atoms with Gasteiger partial charge in [-0.1, -0.05) is 6.07 Å². The number of carbonyl (C=O) groups is 1. The number of esters is 1. The zero-order valence-electron chi connectivity index (χ0n) is 12.6. The number of ether oxygens (including phenoxy) is 2. The monoisotopic (exact) mass is 317 g/mol. The molecule has 22 heavy (non-hydrogen) atoms. The molecule has 0 amide bonds. The number of hydrogen-bond donors (Lipinski definition) is 0. The molecule has 2 rings (SSSR count). The van der Waals surface area contributed by atoms with Crippen LogP contribution in [-0.2, 0) is 20.4 Å². The molecule has 1 aliphatic rings. The average molecular weight is 317 g/mol. The van der Waals surface area contributed by atoms with Crippen molar-refractivity contribution in [1.82, 2.24) is 0 Å². The SMILES string of the molecule is CC(C)(C)OC(=O)[C@H]1OCCN1c1cccc(C(F)(F)F)c1. The third-order valence-electron chi connectivity index (χ3n) is 3.00. The Morgan fingerprint density at radius 3 is 2.59 bits per heavy atom. The van der Waals surface area contributed by atoms with Gasteiger partial charge in [-0.3, -0.25) is 0 Å². The van der Waals surface area contributed by atoms with Gasteiger partial charge in [0.1, 0.15) is 5.60 Å². The van der Waals surface area contributed by atoms with Crippen molar-refractivity contribution >= 4 is 11.7 Å². The highest BCUT2D eigenvalue weighted by Crippen LogP contribution is 2.33. The summed E-state index contributed by atoms with van der Waals surface area (Å²) in [7, 11) is 0. The summed E-state index contributed by atoms with van der Waals surface area (Å²) < 4.78 is 48.9. The summed E-state index contributed by atoms with van der Waals surface area (Å²) in [5.41, 5.74) is -1.18. The minimum Gasteiger partial charge on any atom is -0.457 e. The Kier molecular flexibility index (Phi) is 4.37. The third-order valence-corrected chi connectivity index (χ3v) is 3.00. The highest BCUT2D eigenvalue weighted by Gasteiger charge is 2.37. The molecule has 0 radical (unpaired) electrons. The Bertz CT molecular complexity index is 552. The van der Waals surface area contributed by atoms with E-state index in [-0.39, 0.29) is 12.3 Å². The summed E-state index contributed by atoms with van der Waals surface area (Å²) in [6, 6.07) is 4.82. The fourth-order valence-corrected chi connectivity index (χ4v) is 2.14. The summed E-state index contributed by atoms with van der Waals surface area (Å²) in [4.78, 5) is 13.6. The normalized spacial score (nSPS) is 19.4. The first-order valence-electron chi connectivity index (χ1n) is 6.86. The van der Waals surface area contributed by atoms with Crippen LogP contribution in [0.5, 0.6) is 0 Å². The van der Waals surface area contributed by atoms with E-state index in [1.165, 1.54) is 17.0 Å². The Morgan fingerprint density at radius 2 is 2.00 bits per heavy atom. The molecule has 1 aromatic carbocycles. The predicted molar refractivity (Wildman–Crippen MR) is 74.4 cm³/mol. The number of hydrogen-bond acceptors (Lipinski definition) is 4. The molecule has 1 fully saturated rings. The average Bonchev–Trinajstić information content (AvgIpc) is 2.85. The van der Waals surface area contributed by atoms with Crippen molar-refractivity contribution in [1.29, 1.82) is 0 Å². The number of anilines is 1. The molecule has 0 saturated carbocycles. The quantitative estimate of drug-likeness (QED) is 0.785. The summed E-state index contributed by atoms with van der Waals surface area (Å²) >= 11 is 0. The first kappa shape index (κ1) is 16.6. The summed E-state index contributed by atoms with van der Waals surface area (Å²) in [6.07, 6.45) is -5.46. The molecule has 0 spiro atoms. The van der Waals surface area contributed by atoms with E-state index in [2.05, 4.69) is 0 Å². The van der Waals surface area contributed by atoms with Gasteiger partial charge in [-0.25, -0.2) is 4.79 Å². The second-order valence-corrected chi connectivity index (χ2v) is 6.00. The fourth-order valence-electron chi connectivity index (χ4n) is 2.14. The van der Waals surface area contributed by atoms with Crippen molar-refractivity contribution in [3.8, 4) is 0 Å². The van der Waals surface area contributed by atoms with E-state index in [1.54, 1.807) is 20.8 Å². The molecule has 1 aromatic rings. The maximum absolute atomic E-state index is 12.8. The van der Waals surface area contributed by atoms with Crippen LogP contribution in [0.3, 0.4) is 0 Å². The molecule has 0 aliphatic carbocycles. The van der Waals surface area contributed by atoms with Crippen molar-refractivity contribution in [3.63, 3.8) is 0 Å². The van der Waals surface area contributed by atoms with Crippen molar-refractivity contribution in [2.24, 2.45) is 0 Å². The number of rotatable bonds is 2. The summed E-state index contributed by atoms with van der Waals surface area (Å²) in [5, 5.41) is 0. The van der Waals surface area contributed by atoms with E-state index in [4.69, 9.17) is 9.47 Å². The first-order chi connectivity index (χ1) is 10.1. The van der Waals surface area contributed by atoms with Crippen LogP contribution in [0.25, 0.3) is 0 Å². The van der Waals surface area contributed by atoms with Gasteiger partial charge in [0.05, 0.1) is 12.2 Å². The van der Waals surface area contributed by atoms with Gasteiger partial charge in [0.2, 0.25) is 6.23 Å². The predicted octanol–water partition coefficient (Wildman–Crippen LogP) is 3.21. The highest BCUT2D eigenvalue weighted by molar-refractivity contribution is 5.79. The van der Waals surface area contributed by atoms with Crippen LogP contribution >= 0.6 is 0 Å². The van der Waals surface area contributed by atoms with Crippen molar-refractivity contribution in [3.05, 3.63) is 29.8 Å². The van der Waals surface area contributed by atoms with Gasteiger partial charge in [0, 0.05) is 12.2 Å². The molecule has 0 unspecified atom stereocenters. The Hall–Kier alpha value is -1.76. The third kappa shape index (κ3) is 3.91. The highest BCUT2D eigenvalue weighted by atomic mass is 19.4. The molecule has 0 bridgehead atoms. The Labute approximate surface area is 126 Å². The van der Waals surface area contributed by atoms with Gasteiger partial charge < -0.3 is 14.4 Å². The van der Waals surface area contributed by atoms with E-state index >= 15 is 0 Å². The zero-order chi connectivity index (χ0) is 16.5.